The van der Waals surface area contributed by atoms with Crippen molar-refractivity contribution < 1.29 is 9.13 Å². The summed E-state index contributed by atoms with van der Waals surface area (Å²) < 4.78 is 19.6. The standard InChI is InChI=1S/C32H29FN6O/c1-40-25-11-22(10-24(33)13-25)28-17-35-18-31-26(28)14-30(36-31)32-27-12-21(5-6-29(27)37-38-32)23-9-20(15-34-16-23)19-39-7-3-2-4-8-39/h5-6,9-18,36H,2-4,7-8,19H2,1H3,(H,37,38). The van der Waals surface area contributed by atoms with E-state index in [2.05, 4.69) is 54.3 Å². The maximum absolute atomic E-state index is 14.3. The molecule has 2 aromatic carbocycles. The Kier molecular flexibility index (Phi) is 6.24. The normalized spacial score (nSPS) is 14.2. The lowest BCUT2D eigenvalue weighted by Gasteiger charge is -2.26. The number of hydrogen-bond acceptors (Lipinski definition) is 5. The molecule has 0 amide bonds. The smallest absolute Gasteiger partial charge is 0.127 e. The summed E-state index contributed by atoms with van der Waals surface area (Å²) in [5, 5.41) is 9.76. The van der Waals surface area contributed by atoms with E-state index in [9.17, 15) is 4.39 Å². The van der Waals surface area contributed by atoms with E-state index in [1.165, 1.54) is 44.1 Å². The zero-order valence-corrected chi connectivity index (χ0v) is 22.2. The van der Waals surface area contributed by atoms with Crippen LogP contribution in [0.25, 0.3) is 55.4 Å². The lowest BCUT2D eigenvalue weighted by atomic mass is 10.0. The monoisotopic (exact) mass is 532 g/mol. The first-order valence-corrected chi connectivity index (χ1v) is 13.6. The zero-order valence-electron chi connectivity index (χ0n) is 22.2. The Morgan fingerprint density at radius 2 is 1.70 bits per heavy atom. The molecule has 8 heteroatoms. The summed E-state index contributed by atoms with van der Waals surface area (Å²) in [7, 11) is 1.53. The van der Waals surface area contributed by atoms with E-state index in [1.807, 2.05) is 24.5 Å². The molecule has 1 aliphatic heterocycles. The maximum atomic E-state index is 14.3. The fraction of sp³-hybridized carbons (Fsp3) is 0.219. The van der Waals surface area contributed by atoms with E-state index >= 15 is 0 Å². The molecule has 5 heterocycles. The number of nitrogens with zero attached hydrogens (tertiary/aromatic N) is 4. The highest BCUT2D eigenvalue weighted by atomic mass is 19.1. The van der Waals surface area contributed by atoms with Crippen LogP contribution in [0.2, 0.25) is 0 Å². The summed E-state index contributed by atoms with van der Waals surface area (Å²) >= 11 is 0. The summed E-state index contributed by atoms with van der Waals surface area (Å²) in [6, 6.07) is 15.3. The highest BCUT2D eigenvalue weighted by Gasteiger charge is 2.16. The molecule has 4 aromatic heterocycles. The Hall–Kier alpha value is -4.56. The maximum Gasteiger partial charge on any atom is 0.127 e. The van der Waals surface area contributed by atoms with E-state index in [1.54, 1.807) is 12.4 Å². The van der Waals surface area contributed by atoms with Gasteiger partial charge in [-0.2, -0.15) is 5.10 Å². The third-order valence-corrected chi connectivity index (χ3v) is 7.76. The molecule has 7 nitrogen and oxygen atoms in total. The minimum absolute atomic E-state index is 0.359. The van der Waals surface area contributed by atoms with Crippen molar-refractivity contribution in [2.24, 2.45) is 0 Å². The Balaban J connectivity index is 1.26. The second-order valence-corrected chi connectivity index (χ2v) is 10.5. The third kappa shape index (κ3) is 4.60. The molecule has 0 unspecified atom stereocenters. The molecule has 6 aromatic rings. The fourth-order valence-electron chi connectivity index (χ4n) is 5.75. The largest absolute Gasteiger partial charge is 0.497 e. The molecule has 1 fully saturated rings. The molecule has 7 rings (SSSR count). The number of halogens is 1. The van der Waals surface area contributed by atoms with Crippen LogP contribution >= 0.6 is 0 Å². The molecule has 0 atom stereocenters. The number of fused-ring (bicyclic) bond motifs is 2. The van der Waals surface area contributed by atoms with Gasteiger partial charge in [0.05, 0.1) is 30.0 Å². The number of benzene rings is 2. The predicted octanol–water partition coefficient (Wildman–Crippen LogP) is 6.97. The van der Waals surface area contributed by atoms with Crippen molar-refractivity contribution in [2.75, 3.05) is 20.2 Å². The van der Waals surface area contributed by atoms with Gasteiger partial charge in [-0.15, -0.1) is 0 Å². The summed E-state index contributed by atoms with van der Waals surface area (Å²) in [4.78, 5) is 14.9. The zero-order chi connectivity index (χ0) is 27.1. The van der Waals surface area contributed by atoms with Gasteiger partial charge in [0.1, 0.15) is 17.3 Å². The SMILES string of the molecule is COc1cc(F)cc(-c2cncc3[nH]c(-c4n[nH]c5ccc(-c6cncc(CN7CCCCC7)c6)cc45)cc23)c1. The first-order chi connectivity index (χ1) is 19.6. The lowest BCUT2D eigenvalue weighted by molar-refractivity contribution is 0.220. The van der Waals surface area contributed by atoms with Crippen molar-refractivity contribution in [3.05, 3.63) is 84.7 Å². The number of aromatic amines is 2. The molecule has 0 radical (unpaired) electrons. The van der Waals surface area contributed by atoms with Gasteiger partial charge in [0.25, 0.3) is 0 Å². The Morgan fingerprint density at radius 1 is 0.825 bits per heavy atom. The van der Waals surface area contributed by atoms with Crippen molar-refractivity contribution in [1.82, 2.24) is 30.0 Å². The molecule has 200 valence electrons. The van der Waals surface area contributed by atoms with Crippen LogP contribution in [-0.2, 0) is 6.54 Å². The molecule has 1 aliphatic rings. The van der Waals surface area contributed by atoms with Gasteiger partial charge >= 0.3 is 0 Å². The van der Waals surface area contributed by atoms with Gasteiger partial charge in [-0.1, -0.05) is 12.5 Å². The number of ether oxygens (including phenoxy) is 1. The molecule has 0 aliphatic carbocycles. The molecular formula is C32H29FN6O. The number of H-pyrrole nitrogens is 2. The van der Waals surface area contributed by atoms with Crippen LogP contribution in [0, 0.1) is 5.82 Å². The first kappa shape index (κ1) is 24.5. The molecule has 0 bridgehead atoms. The molecule has 0 saturated carbocycles. The minimum Gasteiger partial charge on any atom is -0.497 e. The first-order valence-electron chi connectivity index (χ1n) is 13.6. The van der Waals surface area contributed by atoms with Gasteiger partial charge < -0.3 is 9.72 Å². The second-order valence-electron chi connectivity index (χ2n) is 10.5. The number of aromatic nitrogens is 5. The van der Waals surface area contributed by atoms with E-state index < -0.39 is 0 Å². The Morgan fingerprint density at radius 3 is 2.58 bits per heavy atom. The van der Waals surface area contributed by atoms with Crippen LogP contribution in [0.5, 0.6) is 5.75 Å². The summed E-state index contributed by atoms with van der Waals surface area (Å²) in [5.41, 5.74) is 8.39. The number of rotatable bonds is 6. The molecule has 1 saturated heterocycles. The van der Waals surface area contributed by atoms with Crippen molar-refractivity contribution in [3.63, 3.8) is 0 Å². The molecule has 2 N–H and O–H groups in total. The predicted molar refractivity (Wildman–Crippen MR) is 155 cm³/mol. The van der Waals surface area contributed by atoms with Crippen LogP contribution < -0.4 is 4.74 Å². The highest BCUT2D eigenvalue weighted by molar-refractivity contribution is 6.01. The van der Waals surface area contributed by atoms with Crippen LogP contribution in [0.15, 0.2) is 73.3 Å². The molecule has 0 spiro atoms. The van der Waals surface area contributed by atoms with E-state index in [-0.39, 0.29) is 5.82 Å². The number of piperidine rings is 1. The van der Waals surface area contributed by atoms with Crippen LogP contribution in [0.3, 0.4) is 0 Å². The Labute approximate surface area is 231 Å². The average Bonchev–Trinajstić information content (AvgIpc) is 3.61. The van der Waals surface area contributed by atoms with Crippen molar-refractivity contribution in [2.45, 2.75) is 25.8 Å². The average molecular weight is 533 g/mol. The van der Waals surface area contributed by atoms with Gasteiger partial charge in [-0.3, -0.25) is 20.0 Å². The molecular weight excluding hydrogens is 503 g/mol. The van der Waals surface area contributed by atoms with Gasteiger partial charge in [-0.05, 0) is 79.0 Å². The van der Waals surface area contributed by atoms with Crippen molar-refractivity contribution in [3.8, 4) is 39.4 Å². The van der Waals surface area contributed by atoms with Crippen molar-refractivity contribution in [1.29, 1.82) is 0 Å². The fourth-order valence-corrected chi connectivity index (χ4v) is 5.75. The summed E-state index contributed by atoms with van der Waals surface area (Å²) in [6.07, 6.45) is 11.3. The topological polar surface area (TPSA) is 82.7 Å². The van der Waals surface area contributed by atoms with E-state index in [4.69, 9.17) is 4.74 Å². The van der Waals surface area contributed by atoms with Crippen LogP contribution in [0.1, 0.15) is 24.8 Å². The Bertz CT molecular complexity index is 1830. The quantitative estimate of drug-likeness (QED) is 0.242. The van der Waals surface area contributed by atoms with E-state index in [0.29, 0.717) is 11.3 Å². The van der Waals surface area contributed by atoms with Crippen LogP contribution in [0.4, 0.5) is 4.39 Å². The minimum atomic E-state index is -0.359. The van der Waals surface area contributed by atoms with E-state index in [0.717, 1.165) is 69.5 Å². The number of methoxy groups -OCH3 is 1. The number of pyridine rings is 2. The summed E-state index contributed by atoms with van der Waals surface area (Å²) in [6.45, 7) is 3.24. The number of likely N-dealkylation sites (tertiary alicyclic amines) is 1. The number of nitrogens with one attached hydrogen (secondary N) is 2. The van der Waals surface area contributed by atoms with Gasteiger partial charge in [0, 0.05) is 53.1 Å². The van der Waals surface area contributed by atoms with Gasteiger partial charge in [-0.25, -0.2) is 4.39 Å². The number of hydrogen-bond donors (Lipinski definition) is 2. The van der Waals surface area contributed by atoms with Crippen molar-refractivity contribution >= 4 is 21.8 Å². The van der Waals surface area contributed by atoms with Crippen LogP contribution in [-0.4, -0.2) is 50.2 Å². The second kappa shape index (κ2) is 10.2. The van der Waals surface area contributed by atoms with Gasteiger partial charge in [0.15, 0.2) is 0 Å². The third-order valence-electron chi connectivity index (χ3n) is 7.76. The lowest BCUT2D eigenvalue weighted by Crippen LogP contribution is -2.29. The van der Waals surface area contributed by atoms with Gasteiger partial charge in [0.2, 0.25) is 0 Å². The highest BCUT2D eigenvalue weighted by Crippen LogP contribution is 2.36. The summed E-state index contributed by atoms with van der Waals surface area (Å²) in [5.74, 6) is 0.102. The molecule has 40 heavy (non-hydrogen) atoms.